The van der Waals surface area contributed by atoms with Crippen LogP contribution in [0.15, 0.2) is 28.5 Å². The molecule has 0 unspecified atom stereocenters. The van der Waals surface area contributed by atoms with Crippen LogP contribution in [0.25, 0.3) is 0 Å². The molecular formula is C9H11NO4S. The van der Waals surface area contributed by atoms with Gasteiger partial charge in [0.05, 0.1) is 6.26 Å². The van der Waals surface area contributed by atoms with Gasteiger partial charge in [0.2, 0.25) is 0 Å². The minimum atomic E-state index is -3.61. The summed E-state index contributed by atoms with van der Waals surface area (Å²) in [7, 11) is -3.61. The molecule has 0 bridgehead atoms. The quantitative estimate of drug-likeness (QED) is 0.518. The van der Waals surface area contributed by atoms with Gasteiger partial charge in [0.15, 0.2) is 5.78 Å². The van der Waals surface area contributed by atoms with E-state index in [-0.39, 0.29) is 5.78 Å². The number of ketones is 1. The smallest absolute Gasteiger partial charge is 0.290 e. The van der Waals surface area contributed by atoms with Gasteiger partial charge in [0, 0.05) is 0 Å². The van der Waals surface area contributed by atoms with E-state index in [9.17, 15) is 13.2 Å². The van der Waals surface area contributed by atoms with E-state index in [0.717, 1.165) is 6.26 Å². The molecule has 0 spiro atoms. The molecule has 0 fully saturated rings. The van der Waals surface area contributed by atoms with Gasteiger partial charge in [-0.1, -0.05) is 5.16 Å². The zero-order valence-electron chi connectivity index (χ0n) is 8.64. The van der Waals surface area contributed by atoms with Gasteiger partial charge < -0.3 is 0 Å². The number of allylic oxidation sites excluding steroid dienone is 4. The average Bonchev–Trinajstić information content (AvgIpc) is 2.07. The molecule has 0 saturated carbocycles. The molecular weight excluding hydrogens is 218 g/mol. The topological polar surface area (TPSA) is 72.8 Å². The van der Waals surface area contributed by atoms with E-state index in [1.54, 1.807) is 13.8 Å². The first-order valence-corrected chi connectivity index (χ1v) is 5.99. The molecule has 0 aliphatic heterocycles. The van der Waals surface area contributed by atoms with Crippen LogP contribution in [0.2, 0.25) is 0 Å². The van der Waals surface area contributed by atoms with Crippen molar-refractivity contribution in [2.24, 2.45) is 5.16 Å². The maximum atomic E-state index is 11.2. The number of rotatable bonds is 2. The third kappa shape index (κ3) is 3.32. The molecule has 0 saturated heterocycles. The highest BCUT2D eigenvalue weighted by Gasteiger charge is 2.13. The summed E-state index contributed by atoms with van der Waals surface area (Å²) in [6, 6.07) is 0. The molecule has 1 aliphatic carbocycles. The van der Waals surface area contributed by atoms with Gasteiger partial charge in [-0.15, -0.1) is 0 Å². The van der Waals surface area contributed by atoms with Gasteiger partial charge >= 0.3 is 10.1 Å². The molecule has 0 heterocycles. The van der Waals surface area contributed by atoms with E-state index in [1.165, 1.54) is 12.2 Å². The first-order valence-electron chi connectivity index (χ1n) is 4.17. The highest BCUT2D eigenvalue weighted by Crippen LogP contribution is 2.12. The van der Waals surface area contributed by atoms with E-state index in [1.807, 2.05) is 0 Å². The van der Waals surface area contributed by atoms with Crippen LogP contribution in [0, 0.1) is 0 Å². The lowest BCUT2D eigenvalue weighted by Crippen LogP contribution is -2.11. The summed E-state index contributed by atoms with van der Waals surface area (Å²) in [4.78, 5) is 11.2. The van der Waals surface area contributed by atoms with Gasteiger partial charge in [-0.25, -0.2) is 0 Å². The summed E-state index contributed by atoms with van der Waals surface area (Å²) in [6.45, 7) is 3.28. The van der Waals surface area contributed by atoms with Crippen molar-refractivity contribution in [3.63, 3.8) is 0 Å². The highest BCUT2D eigenvalue weighted by atomic mass is 32.2. The van der Waals surface area contributed by atoms with Gasteiger partial charge in [-0.05, 0) is 37.1 Å². The molecule has 1 rings (SSSR count). The summed E-state index contributed by atoms with van der Waals surface area (Å²) >= 11 is 0. The Morgan fingerprint density at radius 1 is 1.20 bits per heavy atom. The second-order valence-corrected chi connectivity index (χ2v) is 4.83. The lowest BCUT2D eigenvalue weighted by molar-refractivity contribution is -0.111. The van der Waals surface area contributed by atoms with Gasteiger partial charge in [0.1, 0.15) is 5.71 Å². The first kappa shape index (κ1) is 11.6. The third-order valence-corrected chi connectivity index (χ3v) is 2.11. The zero-order chi connectivity index (χ0) is 11.6. The molecule has 0 atom stereocenters. The second kappa shape index (κ2) is 3.98. The molecule has 15 heavy (non-hydrogen) atoms. The first-order chi connectivity index (χ1) is 6.79. The van der Waals surface area contributed by atoms with E-state index < -0.39 is 10.1 Å². The molecule has 82 valence electrons. The lowest BCUT2D eigenvalue weighted by atomic mass is 9.99. The molecule has 0 aromatic heterocycles. The molecule has 0 amide bonds. The van der Waals surface area contributed by atoms with Crippen molar-refractivity contribution in [1.29, 1.82) is 0 Å². The van der Waals surface area contributed by atoms with Crippen molar-refractivity contribution in [3.05, 3.63) is 23.3 Å². The summed E-state index contributed by atoms with van der Waals surface area (Å²) in [5.74, 6) is -0.106. The molecule has 0 aromatic rings. The largest absolute Gasteiger partial charge is 0.325 e. The van der Waals surface area contributed by atoms with Crippen LogP contribution < -0.4 is 0 Å². The Morgan fingerprint density at radius 3 is 2.33 bits per heavy atom. The normalized spacial score (nSPS) is 19.9. The van der Waals surface area contributed by atoms with E-state index in [2.05, 4.69) is 9.44 Å². The molecule has 1 aliphatic rings. The van der Waals surface area contributed by atoms with Gasteiger partial charge in [-0.2, -0.15) is 8.42 Å². The van der Waals surface area contributed by atoms with Crippen molar-refractivity contribution in [2.75, 3.05) is 6.26 Å². The fourth-order valence-corrected chi connectivity index (χ4v) is 1.20. The summed E-state index contributed by atoms with van der Waals surface area (Å²) in [5, 5.41) is 3.45. The van der Waals surface area contributed by atoms with Crippen molar-refractivity contribution < 1.29 is 17.5 Å². The van der Waals surface area contributed by atoms with Crippen LogP contribution in [0.4, 0.5) is 0 Å². The highest BCUT2D eigenvalue weighted by molar-refractivity contribution is 7.85. The number of carbonyl (C=O) groups excluding carboxylic acids is 1. The van der Waals surface area contributed by atoms with Crippen molar-refractivity contribution in [1.82, 2.24) is 0 Å². The van der Waals surface area contributed by atoms with Crippen LogP contribution in [-0.2, 0) is 19.2 Å². The Labute approximate surface area is 88.2 Å². The average molecular weight is 229 g/mol. The minimum Gasteiger partial charge on any atom is -0.290 e. The standard InChI is InChI=1S/C9H11NO4S/c1-6-5-9(11)7(2)4-8(6)10-14-15(3,12)13/h4-5H,1-3H3. The SMILES string of the molecule is CC1=CC(=NOS(C)(=O)=O)C(C)=CC1=O. The molecule has 0 radical (unpaired) electrons. The Hall–Kier alpha value is -1.43. The molecule has 6 heteroatoms. The van der Waals surface area contributed by atoms with E-state index in [0.29, 0.717) is 16.9 Å². The van der Waals surface area contributed by atoms with Gasteiger partial charge in [0.25, 0.3) is 0 Å². The van der Waals surface area contributed by atoms with Crippen LogP contribution in [0.1, 0.15) is 13.8 Å². The number of hydrogen-bond acceptors (Lipinski definition) is 5. The Morgan fingerprint density at radius 2 is 1.80 bits per heavy atom. The van der Waals surface area contributed by atoms with Gasteiger partial charge in [-0.3, -0.25) is 9.08 Å². The van der Waals surface area contributed by atoms with Crippen LogP contribution in [0.3, 0.4) is 0 Å². The number of nitrogens with zero attached hydrogens (tertiary/aromatic N) is 1. The van der Waals surface area contributed by atoms with Crippen LogP contribution in [-0.4, -0.2) is 26.2 Å². The Bertz CT molecular complexity index is 482. The fraction of sp³-hybridized carbons (Fsp3) is 0.333. The molecule has 0 N–H and O–H groups in total. The van der Waals surface area contributed by atoms with Crippen LogP contribution in [0.5, 0.6) is 0 Å². The third-order valence-electron chi connectivity index (χ3n) is 1.76. The monoisotopic (exact) mass is 229 g/mol. The van der Waals surface area contributed by atoms with Crippen molar-refractivity contribution in [3.8, 4) is 0 Å². The minimum absolute atomic E-state index is 0.106. The summed E-state index contributed by atoms with van der Waals surface area (Å²) in [6.07, 6.45) is 3.78. The van der Waals surface area contributed by atoms with Crippen molar-refractivity contribution in [2.45, 2.75) is 13.8 Å². The maximum absolute atomic E-state index is 11.2. The van der Waals surface area contributed by atoms with E-state index >= 15 is 0 Å². The Balaban J connectivity index is 2.98. The second-order valence-electron chi connectivity index (χ2n) is 3.27. The predicted octanol–water partition coefficient (Wildman–Crippen LogP) is 0.794. The van der Waals surface area contributed by atoms with Crippen molar-refractivity contribution >= 4 is 21.6 Å². The number of hydrogen-bond donors (Lipinski definition) is 0. The Kier molecular flexibility index (Phi) is 3.09. The maximum Gasteiger partial charge on any atom is 0.325 e. The number of carbonyl (C=O) groups is 1. The summed E-state index contributed by atoms with van der Waals surface area (Å²) < 4.78 is 25.7. The lowest BCUT2D eigenvalue weighted by Gasteiger charge is -2.08. The zero-order valence-corrected chi connectivity index (χ0v) is 9.46. The number of oxime groups is 1. The van der Waals surface area contributed by atoms with E-state index in [4.69, 9.17) is 0 Å². The van der Waals surface area contributed by atoms with Crippen LogP contribution >= 0.6 is 0 Å². The predicted molar refractivity (Wildman–Crippen MR) is 55.9 cm³/mol. The molecule has 0 aromatic carbocycles. The summed E-state index contributed by atoms with van der Waals surface area (Å²) in [5.41, 5.74) is 1.42. The fourth-order valence-electron chi connectivity index (χ4n) is 0.981. The molecule has 5 nitrogen and oxygen atoms in total.